The lowest BCUT2D eigenvalue weighted by atomic mass is 10.1. The van der Waals surface area contributed by atoms with Crippen LogP contribution in [0.3, 0.4) is 0 Å². The number of nitrogens with one attached hydrogen (secondary N) is 2. The highest BCUT2D eigenvalue weighted by molar-refractivity contribution is 9.10. The molecular weight excluding hydrogens is 342 g/mol. The molecule has 1 amide bonds. The number of thiazole rings is 1. The van der Waals surface area contributed by atoms with Crippen molar-refractivity contribution in [2.75, 3.05) is 5.32 Å². The first-order chi connectivity index (χ1) is 9.66. The van der Waals surface area contributed by atoms with Crippen molar-refractivity contribution in [1.82, 2.24) is 9.97 Å². The minimum Gasteiger partial charge on any atom is -0.316 e. The summed E-state index contributed by atoms with van der Waals surface area (Å²) in [6.07, 6.45) is 1.60. The lowest BCUT2D eigenvalue weighted by Crippen LogP contribution is -2.19. The van der Waals surface area contributed by atoms with Gasteiger partial charge in [0.05, 0.1) is 4.47 Å². The van der Waals surface area contributed by atoms with E-state index in [1.54, 1.807) is 29.8 Å². The number of hydrogen-bond donors (Lipinski definition) is 2. The number of hydrogen-bond acceptors (Lipinski definition) is 4. The van der Waals surface area contributed by atoms with E-state index in [2.05, 4.69) is 31.2 Å². The molecular formula is C13H8BrN3O2S. The SMILES string of the molecule is O=C(Nc1nccs1)c1[nH]c(=O)c2ccccc2c1Br. The van der Waals surface area contributed by atoms with Crippen molar-refractivity contribution < 1.29 is 4.79 Å². The molecule has 1 aromatic carbocycles. The maximum Gasteiger partial charge on any atom is 0.275 e. The highest BCUT2D eigenvalue weighted by Gasteiger charge is 2.16. The van der Waals surface area contributed by atoms with Gasteiger partial charge in [0.2, 0.25) is 0 Å². The zero-order valence-corrected chi connectivity index (χ0v) is 12.4. The van der Waals surface area contributed by atoms with Crippen LogP contribution in [0.4, 0.5) is 5.13 Å². The van der Waals surface area contributed by atoms with Crippen LogP contribution in [-0.2, 0) is 0 Å². The quantitative estimate of drug-likeness (QED) is 0.746. The van der Waals surface area contributed by atoms with E-state index in [0.717, 1.165) is 0 Å². The Morgan fingerprint density at radius 1 is 1.30 bits per heavy atom. The molecule has 2 heterocycles. The molecule has 0 spiro atoms. The molecule has 2 N–H and O–H groups in total. The molecule has 0 fully saturated rings. The van der Waals surface area contributed by atoms with Crippen molar-refractivity contribution in [1.29, 1.82) is 0 Å². The Labute approximate surface area is 125 Å². The summed E-state index contributed by atoms with van der Waals surface area (Å²) < 4.78 is 0.557. The molecule has 0 aliphatic heterocycles. The summed E-state index contributed by atoms with van der Waals surface area (Å²) in [5, 5.41) is 6.11. The summed E-state index contributed by atoms with van der Waals surface area (Å²) in [6, 6.07) is 7.09. The average molecular weight is 350 g/mol. The minimum atomic E-state index is -0.408. The van der Waals surface area contributed by atoms with Crippen LogP contribution >= 0.6 is 27.3 Å². The monoisotopic (exact) mass is 349 g/mol. The van der Waals surface area contributed by atoms with Gasteiger partial charge in [-0.25, -0.2) is 4.98 Å². The number of aromatic nitrogens is 2. The van der Waals surface area contributed by atoms with Gasteiger partial charge in [-0.05, 0) is 22.0 Å². The second-order valence-corrected chi connectivity index (χ2v) is 5.67. The predicted octanol–water partition coefficient (Wildman–Crippen LogP) is 3.00. The van der Waals surface area contributed by atoms with Crippen molar-refractivity contribution in [2.45, 2.75) is 0 Å². The smallest absolute Gasteiger partial charge is 0.275 e. The first-order valence-corrected chi connectivity index (χ1v) is 7.35. The Balaban J connectivity index is 2.10. The Bertz CT molecular complexity index is 842. The number of pyridine rings is 1. The van der Waals surface area contributed by atoms with E-state index in [-0.39, 0.29) is 11.3 Å². The second-order valence-electron chi connectivity index (χ2n) is 3.98. The van der Waals surface area contributed by atoms with E-state index in [0.29, 0.717) is 20.4 Å². The van der Waals surface area contributed by atoms with Crippen molar-refractivity contribution >= 4 is 49.1 Å². The van der Waals surface area contributed by atoms with Gasteiger partial charge < -0.3 is 4.98 Å². The highest BCUT2D eigenvalue weighted by atomic mass is 79.9. The van der Waals surface area contributed by atoms with Gasteiger partial charge >= 0.3 is 0 Å². The maximum absolute atomic E-state index is 12.2. The summed E-state index contributed by atoms with van der Waals surface area (Å²) in [5.74, 6) is -0.408. The molecule has 0 unspecified atom stereocenters. The van der Waals surface area contributed by atoms with Crippen molar-refractivity contribution in [3.8, 4) is 0 Å². The summed E-state index contributed by atoms with van der Waals surface area (Å²) in [4.78, 5) is 30.7. The number of benzene rings is 1. The van der Waals surface area contributed by atoms with E-state index in [4.69, 9.17) is 0 Å². The van der Waals surface area contributed by atoms with Crippen molar-refractivity contribution in [3.05, 3.63) is 56.4 Å². The molecule has 3 aromatic rings. The third-order valence-electron chi connectivity index (χ3n) is 2.75. The molecule has 100 valence electrons. The van der Waals surface area contributed by atoms with Gasteiger partial charge in [0.15, 0.2) is 5.13 Å². The largest absolute Gasteiger partial charge is 0.316 e. The average Bonchev–Trinajstić information content (AvgIpc) is 2.95. The molecule has 5 nitrogen and oxygen atoms in total. The Morgan fingerprint density at radius 3 is 2.75 bits per heavy atom. The maximum atomic E-state index is 12.2. The van der Waals surface area contributed by atoms with E-state index >= 15 is 0 Å². The second kappa shape index (κ2) is 5.18. The Morgan fingerprint density at radius 2 is 2.05 bits per heavy atom. The zero-order chi connectivity index (χ0) is 14.1. The molecule has 0 atom stereocenters. The number of H-pyrrole nitrogens is 1. The highest BCUT2D eigenvalue weighted by Crippen LogP contribution is 2.24. The summed E-state index contributed by atoms with van der Waals surface area (Å²) in [6.45, 7) is 0. The Kier molecular flexibility index (Phi) is 3.37. The number of aromatic amines is 1. The van der Waals surface area contributed by atoms with Crippen LogP contribution in [-0.4, -0.2) is 15.9 Å². The van der Waals surface area contributed by atoms with Crippen LogP contribution in [0, 0.1) is 0 Å². The van der Waals surface area contributed by atoms with Crippen LogP contribution in [0.5, 0.6) is 0 Å². The van der Waals surface area contributed by atoms with Gasteiger partial charge in [-0.15, -0.1) is 11.3 Å². The number of nitrogens with zero attached hydrogens (tertiary/aromatic N) is 1. The molecule has 20 heavy (non-hydrogen) atoms. The molecule has 0 aliphatic rings. The first-order valence-electron chi connectivity index (χ1n) is 5.68. The lowest BCUT2D eigenvalue weighted by molar-refractivity contribution is 0.102. The molecule has 7 heteroatoms. The standard InChI is InChI=1S/C13H8BrN3O2S/c14-9-7-3-1-2-4-8(7)11(18)16-10(9)12(19)17-13-15-5-6-20-13/h1-6H,(H,16,18)(H,15,17,19). The molecule has 0 bridgehead atoms. The number of anilines is 1. The molecule has 0 saturated heterocycles. The summed E-state index contributed by atoms with van der Waals surface area (Å²) in [7, 11) is 0. The first kappa shape index (κ1) is 13.0. The minimum absolute atomic E-state index is 0.184. The van der Waals surface area contributed by atoms with Crippen LogP contribution in [0.1, 0.15) is 10.5 Å². The number of carbonyl (C=O) groups excluding carboxylic acids is 1. The predicted molar refractivity (Wildman–Crippen MR) is 82.3 cm³/mol. The normalized spacial score (nSPS) is 10.7. The van der Waals surface area contributed by atoms with Gasteiger partial charge in [0.1, 0.15) is 5.69 Å². The number of halogens is 1. The summed E-state index contributed by atoms with van der Waals surface area (Å²) in [5.41, 5.74) is -0.114. The van der Waals surface area contributed by atoms with E-state index in [1.165, 1.54) is 11.3 Å². The van der Waals surface area contributed by atoms with Crippen molar-refractivity contribution in [3.63, 3.8) is 0 Å². The molecule has 2 aromatic heterocycles. The van der Waals surface area contributed by atoms with Crippen LogP contribution < -0.4 is 10.9 Å². The molecule has 0 aliphatic carbocycles. The lowest BCUT2D eigenvalue weighted by Gasteiger charge is -2.07. The van der Waals surface area contributed by atoms with Gasteiger partial charge in [-0.2, -0.15) is 0 Å². The third-order valence-corrected chi connectivity index (χ3v) is 4.26. The Hall–Kier alpha value is -1.99. The number of rotatable bonds is 2. The fourth-order valence-corrected chi connectivity index (χ4v) is 2.99. The van der Waals surface area contributed by atoms with Crippen LogP contribution in [0.2, 0.25) is 0 Å². The van der Waals surface area contributed by atoms with Gasteiger partial charge in [0.25, 0.3) is 11.5 Å². The molecule has 0 radical (unpaired) electrons. The van der Waals surface area contributed by atoms with E-state index in [9.17, 15) is 9.59 Å². The molecule has 3 rings (SSSR count). The number of carbonyl (C=O) groups is 1. The van der Waals surface area contributed by atoms with Gasteiger partial charge in [-0.1, -0.05) is 18.2 Å². The third kappa shape index (κ3) is 2.25. The van der Waals surface area contributed by atoms with Gasteiger partial charge in [0, 0.05) is 22.3 Å². The topological polar surface area (TPSA) is 74.8 Å². The van der Waals surface area contributed by atoms with E-state index in [1.807, 2.05) is 6.07 Å². The fourth-order valence-electron chi connectivity index (χ4n) is 1.84. The van der Waals surface area contributed by atoms with Crippen LogP contribution in [0.15, 0.2) is 45.1 Å². The van der Waals surface area contributed by atoms with Crippen molar-refractivity contribution in [2.24, 2.45) is 0 Å². The fraction of sp³-hybridized carbons (Fsp3) is 0. The van der Waals surface area contributed by atoms with Gasteiger partial charge in [-0.3, -0.25) is 14.9 Å². The van der Waals surface area contributed by atoms with E-state index < -0.39 is 5.91 Å². The summed E-state index contributed by atoms with van der Waals surface area (Å²) >= 11 is 4.68. The number of fused-ring (bicyclic) bond motifs is 1. The zero-order valence-electron chi connectivity index (χ0n) is 10.0. The molecule has 0 saturated carbocycles. The number of amides is 1. The van der Waals surface area contributed by atoms with Crippen LogP contribution in [0.25, 0.3) is 10.8 Å².